The van der Waals surface area contributed by atoms with E-state index < -0.39 is 24.6 Å². The average molecular weight is 477 g/mol. The van der Waals surface area contributed by atoms with Crippen LogP contribution in [-0.4, -0.2) is 44.4 Å². The molecule has 156 valence electrons. The molecular formula is C22H46O3Sn. The summed E-state index contributed by atoms with van der Waals surface area (Å²) in [6, 6.07) is 0. The van der Waals surface area contributed by atoms with E-state index in [9.17, 15) is 0 Å². The second-order valence-electron chi connectivity index (χ2n) is 8.35. The third-order valence-corrected chi connectivity index (χ3v) is 19.4. The molecule has 0 aromatic rings. The molecule has 0 saturated carbocycles. The number of ether oxygens (including phenoxy) is 2. The van der Waals surface area contributed by atoms with Crippen LogP contribution >= 0.6 is 0 Å². The van der Waals surface area contributed by atoms with Gasteiger partial charge in [0, 0.05) is 0 Å². The third kappa shape index (κ3) is 5.84. The van der Waals surface area contributed by atoms with Crippen LogP contribution in [0.1, 0.15) is 98.3 Å². The molecule has 1 heterocycles. The van der Waals surface area contributed by atoms with Crippen LogP contribution in [0, 0.1) is 0 Å². The fourth-order valence-electron chi connectivity index (χ4n) is 4.83. The van der Waals surface area contributed by atoms with Gasteiger partial charge in [0.25, 0.3) is 0 Å². The van der Waals surface area contributed by atoms with Crippen molar-refractivity contribution in [3.8, 4) is 0 Å². The predicted molar refractivity (Wildman–Crippen MR) is 114 cm³/mol. The molecular weight excluding hydrogens is 431 g/mol. The minimum absolute atomic E-state index is 0.224. The van der Waals surface area contributed by atoms with Crippen LogP contribution in [-0.2, 0) is 12.5 Å². The number of hydrogen-bond donors (Lipinski definition) is 0. The topological polar surface area (TPSA) is 27.7 Å². The summed E-state index contributed by atoms with van der Waals surface area (Å²) in [5.74, 6) is -0.545. The van der Waals surface area contributed by atoms with Crippen LogP contribution in [0.5, 0.6) is 0 Å². The zero-order valence-corrected chi connectivity index (χ0v) is 21.5. The molecule has 4 heteroatoms. The number of rotatable bonds is 14. The van der Waals surface area contributed by atoms with Gasteiger partial charge in [0.1, 0.15) is 0 Å². The quantitative estimate of drug-likeness (QED) is 0.198. The molecule has 0 N–H and O–H groups in total. The molecule has 0 unspecified atom stereocenters. The summed E-state index contributed by atoms with van der Waals surface area (Å²) >= 11 is -2.64. The Balaban J connectivity index is 3.24. The van der Waals surface area contributed by atoms with E-state index in [0.717, 1.165) is 19.3 Å². The molecule has 1 aliphatic rings. The fourth-order valence-corrected chi connectivity index (χ4v) is 19.2. The van der Waals surface area contributed by atoms with Crippen LogP contribution < -0.4 is 0 Å². The summed E-state index contributed by atoms with van der Waals surface area (Å²) in [6.07, 6.45) is 13.2. The van der Waals surface area contributed by atoms with E-state index in [-0.39, 0.29) is 5.60 Å². The van der Waals surface area contributed by atoms with Gasteiger partial charge in [-0.05, 0) is 0 Å². The maximum absolute atomic E-state index is 7.43. The Labute approximate surface area is 168 Å². The Hall–Kier alpha value is 0.679. The molecule has 26 heavy (non-hydrogen) atoms. The van der Waals surface area contributed by atoms with Gasteiger partial charge in [0.15, 0.2) is 0 Å². The summed E-state index contributed by atoms with van der Waals surface area (Å²) in [5.41, 5.74) is -0.224. The van der Waals surface area contributed by atoms with Gasteiger partial charge < -0.3 is 0 Å². The zero-order chi connectivity index (χ0) is 19.5. The molecule has 0 aromatic heterocycles. The SMILES string of the molecule is CCCCC1(CCCC)[O][Sn]([CH2]CCC)([CH2]CCC)[CH2]CC1(OC)OC. The van der Waals surface area contributed by atoms with Gasteiger partial charge in [-0.2, -0.15) is 0 Å². The molecule has 1 rings (SSSR count). The summed E-state index contributed by atoms with van der Waals surface area (Å²) in [4.78, 5) is 0. The fraction of sp³-hybridized carbons (Fsp3) is 1.00. The van der Waals surface area contributed by atoms with Crippen molar-refractivity contribution < 1.29 is 12.5 Å². The van der Waals surface area contributed by atoms with Gasteiger partial charge in [-0.1, -0.05) is 0 Å². The van der Waals surface area contributed by atoms with Crippen LogP contribution in [0.2, 0.25) is 13.3 Å². The summed E-state index contributed by atoms with van der Waals surface area (Å²) in [6.45, 7) is 9.20. The van der Waals surface area contributed by atoms with Crippen molar-refractivity contribution in [2.45, 2.75) is 123 Å². The van der Waals surface area contributed by atoms with E-state index in [2.05, 4.69) is 27.7 Å². The number of hydrogen-bond acceptors (Lipinski definition) is 3. The second kappa shape index (κ2) is 12.3. The van der Waals surface area contributed by atoms with Gasteiger partial charge in [-0.25, -0.2) is 0 Å². The van der Waals surface area contributed by atoms with Crippen LogP contribution in [0.4, 0.5) is 0 Å². The second-order valence-corrected chi connectivity index (χ2v) is 20.0. The van der Waals surface area contributed by atoms with E-state index in [4.69, 9.17) is 12.5 Å². The molecule has 0 atom stereocenters. The molecule has 0 spiro atoms. The molecule has 1 aliphatic heterocycles. The van der Waals surface area contributed by atoms with Gasteiger partial charge in [0.05, 0.1) is 0 Å². The van der Waals surface area contributed by atoms with Crippen molar-refractivity contribution in [2.24, 2.45) is 0 Å². The van der Waals surface area contributed by atoms with E-state index in [1.165, 1.54) is 64.7 Å². The molecule has 0 aromatic carbocycles. The summed E-state index contributed by atoms with van der Waals surface area (Å²) < 4.78 is 23.7. The van der Waals surface area contributed by atoms with E-state index in [1.54, 1.807) is 0 Å². The van der Waals surface area contributed by atoms with Crippen LogP contribution in [0.25, 0.3) is 0 Å². The third-order valence-electron chi connectivity index (χ3n) is 6.52. The van der Waals surface area contributed by atoms with Crippen LogP contribution in [0.3, 0.4) is 0 Å². The molecule has 0 aliphatic carbocycles. The molecule has 0 bridgehead atoms. The van der Waals surface area contributed by atoms with Gasteiger partial charge in [-0.3, -0.25) is 0 Å². The Morgan fingerprint density at radius 2 is 1.23 bits per heavy atom. The van der Waals surface area contributed by atoms with Gasteiger partial charge >= 0.3 is 169 Å². The number of unbranched alkanes of at least 4 members (excludes halogenated alkanes) is 4. The monoisotopic (exact) mass is 478 g/mol. The van der Waals surface area contributed by atoms with Gasteiger partial charge in [-0.15, -0.1) is 0 Å². The number of methoxy groups -OCH3 is 2. The Bertz CT molecular complexity index is 352. The first-order chi connectivity index (χ1) is 12.5. The van der Waals surface area contributed by atoms with E-state index >= 15 is 0 Å². The van der Waals surface area contributed by atoms with Crippen molar-refractivity contribution >= 4 is 18.8 Å². The molecule has 1 fully saturated rings. The average Bonchev–Trinajstić information content (AvgIpc) is 2.68. The Kier molecular flexibility index (Phi) is 11.7. The minimum atomic E-state index is -2.64. The van der Waals surface area contributed by atoms with E-state index in [0.29, 0.717) is 0 Å². The standard InChI is InChI=1S/C14H28O3.2C4H9.Sn/c1-6-9-11-13(15,12-10-7-2)14(8-3,16-4)17-5;2*1-3-4-2;/h3,6-12H2,1-2,4-5H3;2*1,3-4H2,2H3;/q-1;;;+1. The summed E-state index contributed by atoms with van der Waals surface area (Å²) in [7, 11) is 3.67. The first kappa shape index (κ1) is 24.7. The summed E-state index contributed by atoms with van der Waals surface area (Å²) in [5, 5.41) is 0. The van der Waals surface area contributed by atoms with Crippen LogP contribution in [0.15, 0.2) is 0 Å². The molecule has 3 nitrogen and oxygen atoms in total. The first-order valence-corrected chi connectivity index (χ1v) is 18.6. The van der Waals surface area contributed by atoms with E-state index in [1.807, 2.05) is 14.2 Å². The Morgan fingerprint density at radius 1 is 0.769 bits per heavy atom. The van der Waals surface area contributed by atoms with Crippen molar-refractivity contribution in [3.63, 3.8) is 0 Å². The van der Waals surface area contributed by atoms with Crippen molar-refractivity contribution in [3.05, 3.63) is 0 Å². The van der Waals surface area contributed by atoms with Crippen molar-refractivity contribution in [1.82, 2.24) is 0 Å². The predicted octanol–water partition coefficient (Wildman–Crippen LogP) is 7.06. The molecule has 1 saturated heterocycles. The van der Waals surface area contributed by atoms with Crippen molar-refractivity contribution in [1.29, 1.82) is 0 Å². The molecule has 0 amide bonds. The Morgan fingerprint density at radius 3 is 1.62 bits per heavy atom. The van der Waals surface area contributed by atoms with Crippen molar-refractivity contribution in [2.75, 3.05) is 14.2 Å². The maximum atomic E-state index is 7.43. The zero-order valence-electron chi connectivity index (χ0n) is 18.6. The van der Waals surface area contributed by atoms with Gasteiger partial charge in [0.2, 0.25) is 0 Å². The molecule has 0 radical (unpaired) electrons. The normalized spacial score (nSPS) is 21.0. The first-order valence-electron chi connectivity index (χ1n) is 11.3.